The maximum atomic E-state index is 11.4. The lowest BCUT2D eigenvalue weighted by atomic mass is 10.4. The van der Waals surface area contributed by atoms with Crippen LogP contribution in [-0.4, -0.2) is 33.9 Å². The number of nitriles is 1. The Morgan fingerprint density at radius 2 is 2.21 bits per heavy atom. The van der Waals surface area contributed by atoms with E-state index in [0.717, 1.165) is 0 Å². The third kappa shape index (κ3) is 4.56. The summed E-state index contributed by atoms with van der Waals surface area (Å²) in [4.78, 5) is 0. The van der Waals surface area contributed by atoms with Gasteiger partial charge in [-0.05, 0) is 12.8 Å². The van der Waals surface area contributed by atoms with Crippen LogP contribution >= 0.6 is 0 Å². The predicted molar refractivity (Wildman–Crippen MR) is 53.1 cm³/mol. The summed E-state index contributed by atoms with van der Waals surface area (Å²) < 4.78 is 29.9. The molecular formula is C8H16N2O3S. The van der Waals surface area contributed by atoms with E-state index >= 15 is 0 Å². The number of methoxy groups -OCH3 is 1. The van der Waals surface area contributed by atoms with Crippen molar-refractivity contribution in [2.45, 2.75) is 25.0 Å². The zero-order valence-electron chi connectivity index (χ0n) is 8.49. The second kappa shape index (κ2) is 6.76. The van der Waals surface area contributed by atoms with Crippen LogP contribution in [-0.2, 0) is 14.8 Å². The lowest BCUT2D eigenvalue weighted by Gasteiger charge is -2.09. The van der Waals surface area contributed by atoms with Crippen LogP contribution in [0, 0.1) is 11.3 Å². The Labute approximate surface area is 85.1 Å². The van der Waals surface area contributed by atoms with E-state index in [2.05, 4.69) is 4.72 Å². The fraction of sp³-hybridized carbons (Fsp3) is 0.875. The first kappa shape index (κ1) is 13.4. The smallest absolute Gasteiger partial charge is 0.227 e. The second-order valence-corrected chi connectivity index (χ2v) is 4.76. The SMILES string of the molecule is CCC(C#N)S(=O)(=O)NCCCOC. The lowest BCUT2D eigenvalue weighted by molar-refractivity contribution is 0.196. The van der Waals surface area contributed by atoms with Crippen molar-refractivity contribution >= 4 is 10.0 Å². The predicted octanol–water partition coefficient (Wildman–Crippen LogP) is 0.244. The van der Waals surface area contributed by atoms with E-state index in [-0.39, 0.29) is 0 Å². The topological polar surface area (TPSA) is 79.2 Å². The number of hydrogen-bond donors (Lipinski definition) is 1. The Hall–Kier alpha value is -0.640. The van der Waals surface area contributed by atoms with E-state index in [1.54, 1.807) is 20.1 Å². The number of nitrogens with one attached hydrogen (secondary N) is 1. The van der Waals surface area contributed by atoms with Crippen LogP contribution in [0.15, 0.2) is 0 Å². The van der Waals surface area contributed by atoms with Gasteiger partial charge >= 0.3 is 0 Å². The van der Waals surface area contributed by atoms with Gasteiger partial charge in [-0.25, -0.2) is 13.1 Å². The van der Waals surface area contributed by atoms with E-state index in [9.17, 15) is 8.42 Å². The monoisotopic (exact) mass is 220 g/mol. The quantitative estimate of drug-likeness (QED) is 0.623. The highest BCUT2D eigenvalue weighted by Crippen LogP contribution is 2.02. The average molecular weight is 220 g/mol. The molecule has 0 radical (unpaired) electrons. The van der Waals surface area contributed by atoms with Gasteiger partial charge in [0.25, 0.3) is 0 Å². The molecule has 0 fully saturated rings. The summed E-state index contributed by atoms with van der Waals surface area (Å²) in [6.07, 6.45) is 0.910. The third-order valence-electron chi connectivity index (χ3n) is 1.72. The number of ether oxygens (including phenoxy) is 1. The van der Waals surface area contributed by atoms with Gasteiger partial charge < -0.3 is 4.74 Å². The van der Waals surface area contributed by atoms with Gasteiger partial charge in [0.1, 0.15) is 0 Å². The molecule has 0 rings (SSSR count). The van der Waals surface area contributed by atoms with Gasteiger partial charge in [-0.3, -0.25) is 0 Å². The fourth-order valence-corrected chi connectivity index (χ4v) is 2.12. The molecule has 1 N–H and O–H groups in total. The van der Waals surface area contributed by atoms with E-state index in [1.807, 2.05) is 0 Å². The van der Waals surface area contributed by atoms with E-state index < -0.39 is 15.3 Å². The molecule has 0 amide bonds. The fourth-order valence-electron chi connectivity index (χ4n) is 0.912. The van der Waals surface area contributed by atoms with E-state index in [0.29, 0.717) is 26.0 Å². The molecule has 1 atom stereocenters. The van der Waals surface area contributed by atoms with Crippen LogP contribution < -0.4 is 4.72 Å². The molecule has 14 heavy (non-hydrogen) atoms. The van der Waals surface area contributed by atoms with Crippen molar-refractivity contribution in [3.63, 3.8) is 0 Å². The standard InChI is InChI=1S/C8H16N2O3S/c1-3-8(7-9)14(11,12)10-5-4-6-13-2/h8,10H,3-6H2,1-2H3. The molecule has 0 aliphatic rings. The molecule has 0 aliphatic heterocycles. The highest BCUT2D eigenvalue weighted by atomic mass is 32.2. The molecule has 6 heteroatoms. The minimum absolute atomic E-state index is 0.302. The molecule has 0 spiro atoms. The van der Waals surface area contributed by atoms with Gasteiger partial charge in [-0.1, -0.05) is 6.92 Å². The summed E-state index contributed by atoms with van der Waals surface area (Å²) >= 11 is 0. The molecule has 0 aliphatic carbocycles. The zero-order chi connectivity index (χ0) is 11.0. The van der Waals surface area contributed by atoms with E-state index in [4.69, 9.17) is 10.00 Å². The van der Waals surface area contributed by atoms with Gasteiger partial charge in [0, 0.05) is 20.3 Å². The van der Waals surface area contributed by atoms with Crippen molar-refractivity contribution in [3.05, 3.63) is 0 Å². The first-order chi connectivity index (χ1) is 6.58. The Balaban J connectivity index is 4.02. The maximum Gasteiger partial charge on any atom is 0.227 e. The van der Waals surface area contributed by atoms with Crippen molar-refractivity contribution < 1.29 is 13.2 Å². The number of hydrogen-bond acceptors (Lipinski definition) is 4. The summed E-state index contributed by atoms with van der Waals surface area (Å²) in [6.45, 7) is 2.49. The number of sulfonamides is 1. The second-order valence-electron chi connectivity index (χ2n) is 2.81. The number of rotatable bonds is 7. The number of nitrogens with zero attached hydrogens (tertiary/aromatic N) is 1. The molecule has 0 saturated heterocycles. The summed E-state index contributed by atoms with van der Waals surface area (Å²) in [6, 6.07) is 1.75. The minimum atomic E-state index is -3.47. The van der Waals surface area contributed by atoms with Crippen molar-refractivity contribution in [2.24, 2.45) is 0 Å². The maximum absolute atomic E-state index is 11.4. The highest BCUT2D eigenvalue weighted by Gasteiger charge is 2.22. The molecule has 82 valence electrons. The van der Waals surface area contributed by atoms with Crippen molar-refractivity contribution in [2.75, 3.05) is 20.3 Å². The summed E-state index contributed by atoms with van der Waals surface area (Å²) in [5, 5.41) is 7.62. The van der Waals surface area contributed by atoms with E-state index in [1.165, 1.54) is 0 Å². The van der Waals surface area contributed by atoms with Crippen molar-refractivity contribution in [3.8, 4) is 6.07 Å². The van der Waals surface area contributed by atoms with Crippen molar-refractivity contribution in [1.82, 2.24) is 4.72 Å². The average Bonchev–Trinajstić information content (AvgIpc) is 2.14. The molecule has 1 unspecified atom stereocenters. The molecule has 0 saturated carbocycles. The molecule has 0 aromatic heterocycles. The van der Waals surface area contributed by atoms with Gasteiger partial charge in [0.05, 0.1) is 6.07 Å². The Morgan fingerprint density at radius 3 is 2.64 bits per heavy atom. The zero-order valence-corrected chi connectivity index (χ0v) is 9.30. The van der Waals surface area contributed by atoms with Crippen LogP contribution in [0.1, 0.15) is 19.8 Å². The lowest BCUT2D eigenvalue weighted by Crippen LogP contribution is -2.34. The first-order valence-electron chi connectivity index (χ1n) is 4.45. The normalized spacial score (nSPS) is 13.5. The molecule has 0 aromatic carbocycles. The molecule has 0 heterocycles. The Morgan fingerprint density at radius 1 is 1.57 bits per heavy atom. The Kier molecular flexibility index (Phi) is 6.45. The summed E-state index contributed by atoms with van der Waals surface area (Å²) in [7, 11) is -1.92. The van der Waals surface area contributed by atoms with Crippen LogP contribution in [0.2, 0.25) is 0 Å². The van der Waals surface area contributed by atoms with Gasteiger partial charge in [-0.15, -0.1) is 0 Å². The molecular weight excluding hydrogens is 204 g/mol. The summed E-state index contributed by atoms with van der Waals surface area (Å²) in [5.74, 6) is 0. The summed E-state index contributed by atoms with van der Waals surface area (Å²) in [5.41, 5.74) is 0. The first-order valence-corrected chi connectivity index (χ1v) is 6.00. The molecule has 0 aromatic rings. The highest BCUT2D eigenvalue weighted by molar-refractivity contribution is 7.90. The molecule has 5 nitrogen and oxygen atoms in total. The van der Waals surface area contributed by atoms with Gasteiger partial charge in [-0.2, -0.15) is 5.26 Å². The largest absolute Gasteiger partial charge is 0.385 e. The molecule has 0 bridgehead atoms. The van der Waals surface area contributed by atoms with Gasteiger partial charge in [0.15, 0.2) is 5.25 Å². The van der Waals surface area contributed by atoms with Crippen LogP contribution in [0.25, 0.3) is 0 Å². The Bertz CT molecular complexity index is 281. The van der Waals surface area contributed by atoms with Gasteiger partial charge in [0.2, 0.25) is 10.0 Å². The van der Waals surface area contributed by atoms with Crippen LogP contribution in [0.5, 0.6) is 0 Å². The minimum Gasteiger partial charge on any atom is -0.385 e. The van der Waals surface area contributed by atoms with Crippen LogP contribution in [0.4, 0.5) is 0 Å². The van der Waals surface area contributed by atoms with Crippen molar-refractivity contribution in [1.29, 1.82) is 5.26 Å². The van der Waals surface area contributed by atoms with Crippen LogP contribution in [0.3, 0.4) is 0 Å². The third-order valence-corrected chi connectivity index (χ3v) is 3.51.